The van der Waals surface area contributed by atoms with Crippen molar-refractivity contribution in [2.45, 2.75) is 12.8 Å². The van der Waals surface area contributed by atoms with E-state index in [0.29, 0.717) is 0 Å². The molecule has 6 rings (SSSR count). The number of hydrogen-bond acceptors (Lipinski definition) is 0. The van der Waals surface area contributed by atoms with Gasteiger partial charge in [0.15, 0.2) is 0 Å². The molecule has 0 heteroatoms. The lowest BCUT2D eigenvalue weighted by molar-refractivity contribution is 1.18. The molecule has 5 aromatic rings. The summed E-state index contributed by atoms with van der Waals surface area (Å²) >= 11 is 0. The molecule has 0 spiro atoms. The molecule has 0 fully saturated rings. The van der Waals surface area contributed by atoms with Gasteiger partial charge in [-0.05, 0) is 79.9 Å². The first-order valence-electron chi connectivity index (χ1n) is 9.96. The Morgan fingerprint density at radius 2 is 1.29 bits per heavy atom. The van der Waals surface area contributed by atoms with Crippen LogP contribution >= 0.6 is 0 Å². The normalized spacial score (nSPS) is 12.3. The molecule has 0 N–H and O–H groups in total. The Kier molecular flexibility index (Phi) is 3.39. The van der Waals surface area contributed by atoms with Crippen LogP contribution in [0.5, 0.6) is 0 Å². The van der Waals surface area contributed by atoms with Crippen molar-refractivity contribution in [2.75, 3.05) is 0 Å². The van der Waals surface area contributed by atoms with Gasteiger partial charge in [0.25, 0.3) is 0 Å². The van der Waals surface area contributed by atoms with Crippen molar-refractivity contribution < 1.29 is 0 Å². The first kappa shape index (κ1) is 15.7. The van der Waals surface area contributed by atoms with E-state index >= 15 is 0 Å². The monoisotopic (exact) mass is 356 g/mol. The molecule has 0 nitrogen and oxygen atoms in total. The van der Waals surface area contributed by atoms with Crippen LogP contribution in [0.25, 0.3) is 32.7 Å². The zero-order valence-electron chi connectivity index (χ0n) is 15.7. The van der Waals surface area contributed by atoms with Crippen molar-refractivity contribution in [1.82, 2.24) is 0 Å². The van der Waals surface area contributed by atoms with E-state index < -0.39 is 0 Å². The number of hydrogen-bond donors (Lipinski definition) is 0. The third kappa shape index (κ3) is 2.46. The van der Waals surface area contributed by atoms with Crippen LogP contribution in [0.2, 0.25) is 0 Å². The first-order chi connectivity index (χ1) is 13.8. The second kappa shape index (κ2) is 6.07. The maximum atomic E-state index is 2.42. The summed E-state index contributed by atoms with van der Waals surface area (Å²) in [6.45, 7) is 0. The van der Waals surface area contributed by atoms with Crippen LogP contribution in [0.3, 0.4) is 0 Å². The van der Waals surface area contributed by atoms with Crippen molar-refractivity contribution in [3.63, 3.8) is 0 Å². The van der Waals surface area contributed by atoms with E-state index in [0.717, 1.165) is 12.8 Å². The third-order valence-electron chi connectivity index (χ3n) is 6.05. The van der Waals surface area contributed by atoms with Crippen LogP contribution < -0.4 is 0 Å². The van der Waals surface area contributed by atoms with E-state index in [9.17, 15) is 0 Å². The van der Waals surface area contributed by atoms with Gasteiger partial charge < -0.3 is 0 Å². The highest BCUT2D eigenvalue weighted by Crippen LogP contribution is 2.42. The topological polar surface area (TPSA) is 0 Å². The standard InChI is InChI=1S/C28H20/c1-2-6-19(7-3-1)14-20-10-11-23-17-25-13-12-24-16-21-8-4-5-9-22(21)18-27(24)28(25)26(23)15-20/h1-13,15-16,18H,14,17H2. The summed E-state index contributed by atoms with van der Waals surface area (Å²) in [4.78, 5) is 0. The van der Waals surface area contributed by atoms with E-state index in [4.69, 9.17) is 0 Å². The Morgan fingerprint density at radius 1 is 0.536 bits per heavy atom. The highest BCUT2D eigenvalue weighted by molar-refractivity contribution is 6.07. The van der Waals surface area contributed by atoms with Crippen molar-refractivity contribution in [2.24, 2.45) is 0 Å². The minimum absolute atomic E-state index is 0.983. The summed E-state index contributed by atoms with van der Waals surface area (Å²) in [7, 11) is 0. The van der Waals surface area contributed by atoms with Gasteiger partial charge in [-0.25, -0.2) is 0 Å². The molecule has 5 aromatic carbocycles. The fraction of sp³-hybridized carbons (Fsp3) is 0.0714. The Labute approximate surface area is 165 Å². The summed E-state index contributed by atoms with van der Waals surface area (Å²) in [5, 5.41) is 5.34. The second-order valence-electron chi connectivity index (χ2n) is 7.85. The second-order valence-corrected chi connectivity index (χ2v) is 7.85. The molecule has 28 heavy (non-hydrogen) atoms. The van der Waals surface area contributed by atoms with E-state index in [1.54, 1.807) is 0 Å². The molecule has 0 radical (unpaired) electrons. The minimum Gasteiger partial charge on any atom is -0.0622 e. The Balaban J connectivity index is 1.54. The molecular formula is C28H20. The lowest BCUT2D eigenvalue weighted by Gasteiger charge is -2.10. The fourth-order valence-electron chi connectivity index (χ4n) is 4.68. The third-order valence-corrected chi connectivity index (χ3v) is 6.05. The van der Waals surface area contributed by atoms with Crippen LogP contribution in [-0.4, -0.2) is 0 Å². The van der Waals surface area contributed by atoms with Gasteiger partial charge in [0.2, 0.25) is 0 Å². The molecule has 0 atom stereocenters. The van der Waals surface area contributed by atoms with Crippen LogP contribution in [0.4, 0.5) is 0 Å². The summed E-state index contributed by atoms with van der Waals surface area (Å²) in [5.41, 5.74) is 8.51. The predicted octanol–water partition coefficient (Wildman–Crippen LogP) is 7.16. The maximum Gasteiger partial charge on any atom is -0.00132 e. The average Bonchev–Trinajstić information content (AvgIpc) is 3.11. The highest BCUT2D eigenvalue weighted by atomic mass is 14.2. The largest absolute Gasteiger partial charge is 0.0622 e. The van der Waals surface area contributed by atoms with Crippen LogP contribution in [0.1, 0.15) is 22.3 Å². The average molecular weight is 356 g/mol. The van der Waals surface area contributed by atoms with E-state index in [1.807, 2.05) is 0 Å². The molecule has 0 amide bonds. The van der Waals surface area contributed by atoms with Crippen molar-refractivity contribution >= 4 is 21.5 Å². The number of benzene rings is 5. The lowest BCUT2D eigenvalue weighted by atomic mass is 9.94. The quantitative estimate of drug-likeness (QED) is 0.289. The molecule has 132 valence electrons. The molecule has 1 aliphatic rings. The smallest absolute Gasteiger partial charge is 0.00132 e. The Hall–Kier alpha value is -3.38. The molecule has 1 aliphatic carbocycles. The van der Waals surface area contributed by atoms with E-state index in [-0.39, 0.29) is 0 Å². The molecule has 0 aromatic heterocycles. The summed E-state index contributed by atoms with van der Waals surface area (Å²) in [5.74, 6) is 0. The highest BCUT2D eigenvalue weighted by Gasteiger charge is 2.21. The zero-order valence-corrected chi connectivity index (χ0v) is 15.7. The van der Waals surface area contributed by atoms with Gasteiger partial charge in [-0.3, -0.25) is 0 Å². The molecule has 0 saturated heterocycles. The fourth-order valence-corrected chi connectivity index (χ4v) is 4.68. The van der Waals surface area contributed by atoms with Crippen LogP contribution in [0.15, 0.2) is 97.1 Å². The van der Waals surface area contributed by atoms with Crippen molar-refractivity contribution in [3.8, 4) is 11.1 Å². The van der Waals surface area contributed by atoms with Gasteiger partial charge in [-0.1, -0.05) is 84.9 Å². The molecule has 0 bridgehead atoms. The molecule has 0 aliphatic heterocycles. The van der Waals surface area contributed by atoms with Crippen LogP contribution in [0, 0.1) is 0 Å². The number of rotatable bonds is 2. The van der Waals surface area contributed by atoms with Gasteiger partial charge in [-0.15, -0.1) is 0 Å². The molecule has 0 saturated carbocycles. The van der Waals surface area contributed by atoms with Crippen molar-refractivity contribution in [1.29, 1.82) is 0 Å². The molecular weight excluding hydrogens is 336 g/mol. The van der Waals surface area contributed by atoms with Gasteiger partial charge >= 0.3 is 0 Å². The Morgan fingerprint density at radius 3 is 2.14 bits per heavy atom. The van der Waals surface area contributed by atoms with Gasteiger partial charge in [-0.2, -0.15) is 0 Å². The SMILES string of the molecule is c1ccc(Cc2ccc3c(c2)-c2c(ccc4cc5ccccc5cc24)C3)cc1. The molecule has 0 heterocycles. The van der Waals surface area contributed by atoms with Crippen LogP contribution in [-0.2, 0) is 12.8 Å². The van der Waals surface area contributed by atoms with Crippen molar-refractivity contribution in [3.05, 3.63) is 119 Å². The maximum absolute atomic E-state index is 2.42. The summed E-state index contributed by atoms with van der Waals surface area (Å²) in [6, 6.07) is 35.8. The van der Waals surface area contributed by atoms with Gasteiger partial charge in [0.1, 0.15) is 0 Å². The predicted molar refractivity (Wildman–Crippen MR) is 119 cm³/mol. The van der Waals surface area contributed by atoms with E-state index in [2.05, 4.69) is 97.1 Å². The van der Waals surface area contributed by atoms with Gasteiger partial charge in [0.05, 0.1) is 0 Å². The summed E-state index contributed by atoms with van der Waals surface area (Å²) < 4.78 is 0. The molecule has 0 unspecified atom stereocenters. The lowest BCUT2D eigenvalue weighted by Crippen LogP contribution is -1.90. The van der Waals surface area contributed by atoms with Gasteiger partial charge in [0, 0.05) is 0 Å². The Bertz CT molecular complexity index is 1340. The number of fused-ring (bicyclic) bond motifs is 6. The van der Waals surface area contributed by atoms with E-state index in [1.165, 1.54) is 54.9 Å². The summed E-state index contributed by atoms with van der Waals surface area (Å²) in [6.07, 6.45) is 2.02. The first-order valence-corrected chi connectivity index (χ1v) is 9.96. The minimum atomic E-state index is 0.983. The zero-order chi connectivity index (χ0) is 18.5.